The Bertz CT molecular complexity index is 423. The summed E-state index contributed by atoms with van der Waals surface area (Å²) in [7, 11) is 1.41. The first-order chi connectivity index (χ1) is 9.13. The monoisotopic (exact) mass is 269 g/mol. The molecule has 0 aliphatic heterocycles. The molecule has 0 amide bonds. The third-order valence-electron chi connectivity index (χ3n) is 2.99. The summed E-state index contributed by atoms with van der Waals surface area (Å²) in [5, 5.41) is 8.87. The Morgan fingerprint density at radius 2 is 2.16 bits per heavy atom. The van der Waals surface area contributed by atoms with E-state index in [-0.39, 0.29) is 30.1 Å². The molecular formula is C14H20FNO3. The lowest BCUT2D eigenvalue weighted by atomic mass is 10.1. The SMILES string of the molecule is CCN(CCO)CCC(=O)c1c(F)cccc1OC. The van der Waals surface area contributed by atoms with Gasteiger partial charge in [0.05, 0.1) is 19.3 Å². The zero-order valence-corrected chi connectivity index (χ0v) is 11.4. The quantitative estimate of drug-likeness (QED) is 0.730. The molecule has 0 aromatic heterocycles. The molecule has 0 heterocycles. The number of benzene rings is 1. The molecule has 0 spiro atoms. The van der Waals surface area contributed by atoms with Crippen LogP contribution in [0.4, 0.5) is 4.39 Å². The summed E-state index contributed by atoms with van der Waals surface area (Å²) in [4.78, 5) is 14.0. The molecule has 0 atom stereocenters. The second kappa shape index (κ2) is 7.86. The van der Waals surface area contributed by atoms with E-state index in [1.54, 1.807) is 6.07 Å². The van der Waals surface area contributed by atoms with Crippen molar-refractivity contribution in [2.24, 2.45) is 0 Å². The van der Waals surface area contributed by atoms with Gasteiger partial charge in [-0.1, -0.05) is 13.0 Å². The van der Waals surface area contributed by atoms with Gasteiger partial charge < -0.3 is 14.7 Å². The fraction of sp³-hybridized carbons (Fsp3) is 0.500. The van der Waals surface area contributed by atoms with E-state index in [0.29, 0.717) is 13.1 Å². The van der Waals surface area contributed by atoms with Crippen LogP contribution < -0.4 is 4.74 Å². The molecule has 0 aliphatic carbocycles. The molecule has 0 fully saturated rings. The van der Waals surface area contributed by atoms with Gasteiger partial charge in [0, 0.05) is 19.5 Å². The number of carbonyl (C=O) groups excluding carboxylic acids is 1. The van der Waals surface area contributed by atoms with Crippen LogP contribution in [0.5, 0.6) is 5.75 Å². The minimum atomic E-state index is -0.561. The lowest BCUT2D eigenvalue weighted by Gasteiger charge is -2.18. The van der Waals surface area contributed by atoms with Crippen molar-refractivity contribution in [1.82, 2.24) is 4.90 Å². The zero-order valence-electron chi connectivity index (χ0n) is 11.4. The number of hydrogen-bond acceptors (Lipinski definition) is 4. The highest BCUT2D eigenvalue weighted by atomic mass is 19.1. The fourth-order valence-corrected chi connectivity index (χ4v) is 1.90. The zero-order chi connectivity index (χ0) is 14.3. The molecule has 0 saturated heterocycles. The van der Waals surface area contributed by atoms with Gasteiger partial charge in [-0.05, 0) is 18.7 Å². The van der Waals surface area contributed by atoms with Gasteiger partial charge in [-0.25, -0.2) is 4.39 Å². The smallest absolute Gasteiger partial charge is 0.170 e. The molecule has 1 N–H and O–H groups in total. The van der Waals surface area contributed by atoms with Crippen molar-refractivity contribution in [2.75, 3.05) is 33.4 Å². The van der Waals surface area contributed by atoms with E-state index >= 15 is 0 Å². The van der Waals surface area contributed by atoms with Crippen LogP contribution in [0.1, 0.15) is 23.7 Å². The summed E-state index contributed by atoms with van der Waals surface area (Å²) in [5.74, 6) is -0.587. The van der Waals surface area contributed by atoms with Crippen molar-refractivity contribution in [2.45, 2.75) is 13.3 Å². The van der Waals surface area contributed by atoms with E-state index in [4.69, 9.17) is 9.84 Å². The third-order valence-corrected chi connectivity index (χ3v) is 2.99. The highest BCUT2D eigenvalue weighted by Crippen LogP contribution is 2.22. The van der Waals surface area contributed by atoms with Crippen molar-refractivity contribution in [3.05, 3.63) is 29.6 Å². The number of hydrogen-bond donors (Lipinski definition) is 1. The minimum absolute atomic E-state index is 0.00468. The van der Waals surface area contributed by atoms with Gasteiger partial charge in [0.15, 0.2) is 5.78 Å². The number of likely N-dealkylation sites (N-methyl/N-ethyl adjacent to an activating group) is 1. The fourth-order valence-electron chi connectivity index (χ4n) is 1.90. The number of carbonyl (C=O) groups is 1. The van der Waals surface area contributed by atoms with Crippen LogP contribution >= 0.6 is 0 Å². The topological polar surface area (TPSA) is 49.8 Å². The van der Waals surface area contributed by atoms with E-state index in [0.717, 1.165) is 6.54 Å². The molecule has 106 valence electrons. The van der Waals surface area contributed by atoms with Crippen LogP contribution in [0.3, 0.4) is 0 Å². The standard InChI is InChI=1S/C14H20FNO3/c1-3-16(9-10-17)8-7-12(18)14-11(15)5-4-6-13(14)19-2/h4-6,17H,3,7-10H2,1-2H3. The van der Waals surface area contributed by atoms with Crippen LogP contribution in [0.25, 0.3) is 0 Å². The largest absolute Gasteiger partial charge is 0.496 e. The summed E-state index contributed by atoms with van der Waals surface area (Å²) in [5.41, 5.74) is 0.00468. The molecule has 19 heavy (non-hydrogen) atoms. The first-order valence-electron chi connectivity index (χ1n) is 6.33. The van der Waals surface area contributed by atoms with Gasteiger partial charge >= 0.3 is 0 Å². The van der Waals surface area contributed by atoms with Crippen molar-refractivity contribution in [3.63, 3.8) is 0 Å². The maximum absolute atomic E-state index is 13.7. The summed E-state index contributed by atoms with van der Waals surface area (Å²) >= 11 is 0. The summed E-state index contributed by atoms with van der Waals surface area (Å²) in [6.07, 6.45) is 0.200. The molecule has 5 heteroatoms. The van der Waals surface area contributed by atoms with Gasteiger partial charge in [0.1, 0.15) is 11.6 Å². The molecule has 0 bridgehead atoms. The van der Waals surface area contributed by atoms with Gasteiger partial charge in [0.2, 0.25) is 0 Å². The van der Waals surface area contributed by atoms with E-state index in [1.807, 2.05) is 11.8 Å². The van der Waals surface area contributed by atoms with Gasteiger partial charge in [-0.3, -0.25) is 4.79 Å². The van der Waals surface area contributed by atoms with Crippen molar-refractivity contribution in [1.29, 1.82) is 0 Å². The van der Waals surface area contributed by atoms with Crippen LogP contribution in [0.15, 0.2) is 18.2 Å². The lowest BCUT2D eigenvalue weighted by molar-refractivity contribution is 0.0952. The van der Waals surface area contributed by atoms with Crippen LogP contribution in [-0.4, -0.2) is 49.1 Å². The highest BCUT2D eigenvalue weighted by Gasteiger charge is 2.17. The predicted molar refractivity (Wildman–Crippen MR) is 71.1 cm³/mol. The molecule has 1 rings (SSSR count). The number of Topliss-reactive ketones (excluding diaryl/α,β-unsaturated/α-hetero) is 1. The maximum atomic E-state index is 13.7. The summed E-state index contributed by atoms with van der Waals surface area (Å²) < 4.78 is 18.7. The second-order valence-electron chi connectivity index (χ2n) is 4.15. The number of aliphatic hydroxyl groups is 1. The summed E-state index contributed by atoms with van der Waals surface area (Å²) in [6, 6.07) is 4.33. The number of aliphatic hydroxyl groups excluding tert-OH is 1. The third kappa shape index (κ3) is 4.29. The number of ketones is 1. The molecule has 4 nitrogen and oxygen atoms in total. The molecule has 0 unspecified atom stereocenters. The Labute approximate surface area is 112 Å². The van der Waals surface area contributed by atoms with E-state index in [1.165, 1.54) is 19.2 Å². The van der Waals surface area contributed by atoms with Crippen LogP contribution in [-0.2, 0) is 0 Å². The van der Waals surface area contributed by atoms with Gasteiger partial charge in [0.25, 0.3) is 0 Å². The number of methoxy groups -OCH3 is 1. The van der Waals surface area contributed by atoms with E-state index in [2.05, 4.69) is 0 Å². The predicted octanol–water partition coefficient (Wildman–Crippen LogP) is 1.72. The molecule has 0 aliphatic rings. The van der Waals surface area contributed by atoms with E-state index in [9.17, 15) is 9.18 Å². The Morgan fingerprint density at radius 3 is 2.74 bits per heavy atom. The Morgan fingerprint density at radius 1 is 1.42 bits per heavy atom. The Balaban J connectivity index is 2.73. The number of halogens is 1. The molecule has 1 aromatic carbocycles. The van der Waals surface area contributed by atoms with Gasteiger partial charge in [-0.2, -0.15) is 0 Å². The molecule has 0 radical (unpaired) electrons. The summed E-state index contributed by atoms with van der Waals surface area (Å²) in [6.45, 7) is 3.74. The number of ether oxygens (including phenoxy) is 1. The van der Waals surface area contributed by atoms with E-state index < -0.39 is 5.82 Å². The normalized spacial score (nSPS) is 10.8. The van der Waals surface area contributed by atoms with Crippen LogP contribution in [0.2, 0.25) is 0 Å². The maximum Gasteiger partial charge on any atom is 0.170 e. The minimum Gasteiger partial charge on any atom is -0.496 e. The van der Waals surface area contributed by atoms with Gasteiger partial charge in [-0.15, -0.1) is 0 Å². The molecular weight excluding hydrogens is 249 g/mol. The average Bonchev–Trinajstić information content (AvgIpc) is 2.42. The number of rotatable bonds is 8. The Kier molecular flexibility index (Phi) is 6.45. The Hall–Kier alpha value is -1.46. The molecule has 1 aromatic rings. The van der Waals surface area contributed by atoms with Crippen molar-refractivity contribution < 1.29 is 19.0 Å². The number of nitrogens with zero attached hydrogens (tertiary/aromatic N) is 1. The van der Waals surface area contributed by atoms with Crippen molar-refractivity contribution >= 4 is 5.78 Å². The first kappa shape index (κ1) is 15.6. The lowest BCUT2D eigenvalue weighted by Crippen LogP contribution is -2.29. The van der Waals surface area contributed by atoms with Crippen molar-refractivity contribution in [3.8, 4) is 5.75 Å². The first-order valence-corrected chi connectivity index (χ1v) is 6.33. The molecule has 0 saturated carbocycles. The highest BCUT2D eigenvalue weighted by molar-refractivity contribution is 5.99. The van der Waals surface area contributed by atoms with Crippen LogP contribution in [0, 0.1) is 5.82 Å². The second-order valence-corrected chi connectivity index (χ2v) is 4.15. The average molecular weight is 269 g/mol.